The Bertz CT molecular complexity index is 1050. The monoisotopic (exact) mass is 404 g/mol. The van der Waals surface area contributed by atoms with Crippen LogP contribution in [0, 0.1) is 12.8 Å². The number of hydrogen-bond acceptors (Lipinski definition) is 3. The van der Waals surface area contributed by atoms with E-state index in [2.05, 4.69) is 59.5 Å². The number of hydrogen-bond donors (Lipinski definition) is 2. The van der Waals surface area contributed by atoms with Crippen molar-refractivity contribution in [2.45, 2.75) is 46.5 Å². The van der Waals surface area contributed by atoms with Crippen LogP contribution < -0.4 is 10.2 Å². The van der Waals surface area contributed by atoms with Gasteiger partial charge in [0.1, 0.15) is 0 Å². The molecule has 1 unspecified atom stereocenters. The smallest absolute Gasteiger partial charge is 0.226 e. The van der Waals surface area contributed by atoms with Gasteiger partial charge in [0, 0.05) is 47.0 Å². The first-order valence-corrected chi connectivity index (χ1v) is 11.1. The number of carbonyl (C=O) groups excluding carboxylic acids is 1. The predicted molar refractivity (Wildman–Crippen MR) is 124 cm³/mol. The molecule has 3 aromatic rings. The van der Waals surface area contributed by atoms with E-state index in [4.69, 9.17) is 0 Å². The Labute approximate surface area is 178 Å². The standard InChI is InChI=1S/C25H32N4O/c1-5-23(30)29(15-18-8-10-26-14-18)20-6-7-22-21(13-20)24(16(2)3)25(28-22)19-9-11-27-17(4)12-19/h6-7,9,11-13,16,18,26,28H,5,8,10,14-15H2,1-4H3. The number of H-pyrrole nitrogens is 1. The van der Waals surface area contributed by atoms with Gasteiger partial charge in [-0.1, -0.05) is 20.8 Å². The van der Waals surface area contributed by atoms with E-state index in [0.717, 1.165) is 54.2 Å². The lowest BCUT2D eigenvalue weighted by Crippen LogP contribution is -2.35. The van der Waals surface area contributed by atoms with Gasteiger partial charge in [-0.05, 0) is 74.2 Å². The van der Waals surface area contributed by atoms with Gasteiger partial charge in [0.25, 0.3) is 0 Å². The molecule has 1 saturated heterocycles. The van der Waals surface area contributed by atoms with Crippen LogP contribution in [0.4, 0.5) is 5.69 Å². The molecule has 1 fully saturated rings. The Morgan fingerprint density at radius 3 is 2.77 bits per heavy atom. The van der Waals surface area contributed by atoms with Crippen LogP contribution in [0.3, 0.4) is 0 Å². The first-order chi connectivity index (χ1) is 14.5. The van der Waals surface area contributed by atoms with E-state index in [9.17, 15) is 4.79 Å². The molecule has 5 heteroatoms. The van der Waals surface area contributed by atoms with Gasteiger partial charge in [0.2, 0.25) is 5.91 Å². The molecule has 4 rings (SSSR count). The number of nitrogens with one attached hydrogen (secondary N) is 2. The molecular formula is C25H32N4O. The fourth-order valence-electron chi connectivity index (χ4n) is 4.57. The van der Waals surface area contributed by atoms with Crippen molar-refractivity contribution in [2.75, 3.05) is 24.5 Å². The second-order valence-electron chi connectivity index (χ2n) is 8.70. The van der Waals surface area contributed by atoms with Crippen molar-refractivity contribution in [1.82, 2.24) is 15.3 Å². The second-order valence-corrected chi connectivity index (χ2v) is 8.70. The molecule has 1 atom stereocenters. The number of carbonyl (C=O) groups is 1. The molecule has 1 amide bonds. The number of benzene rings is 1. The highest BCUT2D eigenvalue weighted by atomic mass is 16.2. The number of anilines is 1. The number of amides is 1. The molecule has 2 aromatic heterocycles. The summed E-state index contributed by atoms with van der Waals surface area (Å²) in [5, 5.41) is 4.62. The van der Waals surface area contributed by atoms with Crippen LogP contribution in [0.5, 0.6) is 0 Å². The molecule has 5 nitrogen and oxygen atoms in total. The number of rotatable bonds is 6. The molecule has 0 bridgehead atoms. The molecule has 0 aliphatic carbocycles. The van der Waals surface area contributed by atoms with E-state index in [1.54, 1.807) is 0 Å². The largest absolute Gasteiger partial charge is 0.354 e. The highest BCUT2D eigenvalue weighted by Crippen LogP contribution is 2.37. The van der Waals surface area contributed by atoms with E-state index in [1.165, 1.54) is 10.9 Å². The average molecular weight is 405 g/mol. The lowest BCUT2D eigenvalue weighted by atomic mass is 9.96. The summed E-state index contributed by atoms with van der Waals surface area (Å²) in [6.45, 7) is 11.2. The minimum Gasteiger partial charge on any atom is -0.354 e. The van der Waals surface area contributed by atoms with Gasteiger partial charge in [0.15, 0.2) is 0 Å². The van der Waals surface area contributed by atoms with Crippen LogP contribution in [0.1, 0.15) is 50.8 Å². The molecule has 0 spiro atoms. The molecule has 1 aromatic carbocycles. The fourth-order valence-corrected chi connectivity index (χ4v) is 4.57. The van der Waals surface area contributed by atoms with Crippen LogP contribution in [0.15, 0.2) is 36.5 Å². The summed E-state index contributed by atoms with van der Waals surface area (Å²) in [4.78, 5) is 22.8. The van der Waals surface area contributed by atoms with Crippen LogP contribution in [0.25, 0.3) is 22.2 Å². The van der Waals surface area contributed by atoms with Crippen molar-refractivity contribution in [1.29, 1.82) is 0 Å². The quantitative estimate of drug-likeness (QED) is 0.607. The molecule has 0 saturated carbocycles. The number of pyridine rings is 1. The van der Waals surface area contributed by atoms with Gasteiger partial charge < -0.3 is 15.2 Å². The van der Waals surface area contributed by atoms with Gasteiger partial charge in [0.05, 0.1) is 5.69 Å². The van der Waals surface area contributed by atoms with Gasteiger partial charge in [-0.2, -0.15) is 0 Å². The first-order valence-electron chi connectivity index (χ1n) is 11.1. The summed E-state index contributed by atoms with van der Waals surface area (Å²) in [6, 6.07) is 10.6. The van der Waals surface area contributed by atoms with E-state index in [-0.39, 0.29) is 5.91 Å². The summed E-state index contributed by atoms with van der Waals surface area (Å²) >= 11 is 0. The zero-order valence-corrected chi connectivity index (χ0v) is 18.5. The Balaban J connectivity index is 1.80. The van der Waals surface area contributed by atoms with E-state index < -0.39 is 0 Å². The number of aromatic nitrogens is 2. The zero-order chi connectivity index (χ0) is 21.3. The number of nitrogens with zero attached hydrogens (tertiary/aromatic N) is 2. The molecule has 1 aliphatic heterocycles. The van der Waals surface area contributed by atoms with Crippen LogP contribution >= 0.6 is 0 Å². The molecule has 30 heavy (non-hydrogen) atoms. The maximum atomic E-state index is 12.8. The van der Waals surface area contributed by atoms with Crippen LogP contribution in [0.2, 0.25) is 0 Å². The van der Waals surface area contributed by atoms with Crippen molar-refractivity contribution in [3.8, 4) is 11.3 Å². The van der Waals surface area contributed by atoms with Gasteiger partial charge >= 0.3 is 0 Å². The SMILES string of the molecule is CCC(=O)N(CC1CCNC1)c1ccc2[nH]c(-c3ccnc(C)c3)c(C(C)C)c2c1. The van der Waals surface area contributed by atoms with E-state index in [1.807, 2.05) is 24.9 Å². The Kier molecular flexibility index (Phi) is 5.91. The molecule has 2 N–H and O–H groups in total. The maximum Gasteiger partial charge on any atom is 0.226 e. The lowest BCUT2D eigenvalue weighted by molar-refractivity contribution is -0.118. The maximum absolute atomic E-state index is 12.8. The third-order valence-electron chi connectivity index (χ3n) is 6.10. The summed E-state index contributed by atoms with van der Waals surface area (Å²) in [7, 11) is 0. The lowest BCUT2D eigenvalue weighted by Gasteiger charge is -2.25. The molecule has 158 valence electrons. The van der Waals surface area contributed by atoms with Crippen molar-refractivity contribution < 1.29 is 4.79 Å². The Morgan fingerprint density at radius 2 is 2.10 bits per heavy atom. The molecular weight excluding hydrogens is 372 g/mol. The number of fused-ring (bicyclic) bond motifs is 1. The number of aryl methyl sites for hydroxylation is 1. The molecule has 0 radical (unpaired) electrons. The Morgan fingerprint density at radius 1 is 1.27 bits per heavy atom. The Hall–Kier alpha value is -2.66. The molecule has 3 heterocycles. The normalized spacial score (nSPS) is 16.5. The fraction of sp³-hybridized carbons (Fsp3) is 0.440. The van der Waals surface area contributed by atoms with Crippen molar-refractivity contribution in [3.05, 3.63) is 47.8 Å². The molecule has 1 aliphatic rings. The highest BCUT2D eigenvalue weighted by Gasteiger charge is 2.24. The summed E-state index contributed by atoms with van der Waals surface area (Å²) in [6.07, 6.45) is 3.51. The van der Waals surface area contributed by atoms with Gasteiger partial charge in [-0.3, -0.25) is 9.78 Å². The van der Waals surface area contributed by atoms with Crippen LogP contribution in [-0.2, 0) is 4.79 Å². The van der Waals surface area contributed by atoms with Crippen molar-refractivity contribution >= 4 is 22.5 Å². The average Bonchev–Trinajstić information content (AvgIpc) is 3.38. The van der Waals surface area contributed by atoms with Crippen molar-refractivity contribution in [2.24, 2.45) is 5.92 Å². The summed E-state index contributed by atoms with van der Waals surface area (Å²) in [5.74, 6) is 1.06. The summed E-state index contributed by atoms with van der Waals surface area (Å²) < 4.78 is 0. The predicted octanol–water partition coefficient (Wildman–Crippen LogP) is 5.01. The van der Waals surface area contributed by atoms with E-state index >= 15 is 0 Å². The topological polar surface area (TPSA) is 61.0 Å². The van der Waals surface area contributed by atoms with Gasteiger partial charge in [-0.15, -0.1) is 0 Å². The zero-order valence-electron chi connectivity index (χ0n) is 18.5. The minimum absolute atomic E-state index is 0.188. The van der Waals surface area contributed by atoms with E-state index in [0.29, 0.717) is 18.3 Å². The minimum atomic E-state index is 0.188. The van der Waals surface area contributed by atoms with Gasteiger partial charge in [-0.25, -0.2) is 0 Å². The van der Waals surface area contributed by atoms with Crippen molar-refractivity contribution in [3.63, 3.8) is 0 Å². The number of aromatic amines is 1. The summed E-state index contributed by atoms with van der Waals surface area (Å²) in [5.41, 5.74) is 6.71. The third kappa shape index (κ3) is 3.99. The third-order valence-corrected chi connectivity index (χ3v) is 6.10. The second kappa shape index (κ2) is 8.60. The van der Waals surface area contributed by atoms with Crippen LogP contribution in [-0.4, -0.2) is 35.5 Å². The highest BCUT2D eigenvalue weighted by molar-refractivity contribution is 5.98. The first kappa shape index (κ1) is 20.6.